The Labute approximate surface area is 166 Å². The number of carbonyl (C=O) groups is 2. The molecule has 2 aliphatic heterocycles. The number of para-hydroxylation sites is 1. The maximum atomic E-state index is 13.1. The summed E-state index contributed by atoms with van der Waals surface area (Å²) < 4.78 is 0. The molecular formula is C23H27N3O2. The summed E-state index contributed by atoms with van der Waals surface area (Å²) in [7, 11) is 0. The molecule has 0 N–H and O–H groups in total. The summed E-state index contributed by atoms with van der Waals surface area (Å²) in [5.41, 5.74) is 2.77. The highest BCUT2D eigenvalue weighted by molar-refractivity contribution is 5.97. The van der Waals surface area contributed by atoms with Gasteiger partial charge in [-0.25, -0.2) is 0 Å². The van der Waals surface area contributed by atoms with E-state index in [2.05, 4.69) is 43.0 Å². The Morgan fingerprint density at radius 3 is 2.11 bits per heavy atom. The lowest BCUT2D eigenvalue weighted by molar-refractivity contribution is -0.117. The van der Waals surface area contributed by atoms with Crippen molar-refractivity contribution in [2.24, 2.45) is 0 Å². The third-order valence-electron chi connectivity index (χ3n) is 5.76. The predicted molar refractivity (Wildman–Crippen MR) is 112 cm³/mol. The number of carbonyl (C=O) groups excluding carboxylic acids is 2. The van der Waals surface area contributed by atoms with E-state index in [1.54, 1.807) is 4.90 Å². The zero-order valence-corrected chi connectivity index (χ0v) is 16.5. The Morgan fingerprint density at radius 2 is 1.54 bits per heavy atom. The lowest BCUT2D eigenvalue weighted by Crippen LogP contribution is -2.58. The lowest BCUT2D eigenvalue weighted by atomic mass is 10.0. The minimum absolute atomic E-state index is 0.0608. The standard InChI is InChI=1S/C23H27N3O2/c1-17-15-24(16-18(2)26(17)21-7-4-3-5-8-21)23(28)19-10-12-20(13-11-19)25-14-6-9-22(25)27/h3-5,7-8,10-13,17-18H,6,9,14-16H2,1-2H3. The average molecular weight is 377 g/mol. The second-order valence-electron chi connectivity index (χ2n) is 7.85. The van der Waals surface area contributed by atoms with Gasteiger partial charge in [0.25, 0.3) is 5.91 Å². The summed E-state index contributed by atoms with van der Waals surface area (Å²) in [5, 5.41) is 0. The van der Waals surface area contributed by atoms with Gasteiger partial charge in [-0.2, -0.15) is 0 Å². The third-order valence-corrected chi connectivity index (χ3v) is 5.76. The Hall–Kier alpha value is -2.82. The molecular weight excluding hydrogens is 350 g/mol. The maximum absolute atomic E-state index is 13.1. The molecule has 2 saturated heterocycles. The monoisotopic (exact) mass is 377 g/mol. The summed E-state index contributed by atoms with van der Waals surface area (Å²) in [4.78, 5) is 31.1. The molecule has 2 atom stereocenters. The Bertz CT molecular complexity index is 838. The van der Waals surface area contributed by atoms with Gasteiger partial charge in [-0.15, -0.1) is 0 Å². The highest BCUT2D eigenvalue weighted by atomic mass is 16.2. The molecule has 0 radical (unpaired) electrons. The van der Waals surface area contributed by atoms with Crippen molar-refractivity contribution >= 4 is 23.2 Å². The summed E-state index contributed by atoms with van der Waals surface area (Å²) in [6.45, 7) is 6.51. The highest BCUT2D eigenvalue weighted by Gasteiger charge is 2.32. The van der Waals surface area contributed by atoms with Gasteiger partial charge in [0, 0.05) is 55.1 Å². The number of hydrogen-bond donors (Lipinski definition) is 0. The molecule has 2 fully saturated rings. The molecule has 0 aliphatic carbocycles. The fraction of sp³-hybridized carbons (Fsp3) is 0.391. The molecule has 4 rings (SSSR count). The molecule has 2 aromatic carbocycles. The van der Waals surface area contributed by atoms with Crippen molar-refractivity contribution in [2.75, 3.05) is 29.4 Å². The predicted octanol–water partition coefficient (Wildman–Crippen LogP) is 3.55. The SMILES string of the molecule is CC1CN(C(=O)c2ccc(N3CCCC3=O)cc2)CC(C)N1c1ccccc1. The first kappa shape index (κ1) is 18.5. The highest BCUT2D eigenvalue weighted by Crippen LogP contribution is 2.26. The van der Waals surface area contributed by atoms with Gasteiger partial charge in [-0.3, -0.25) is 9.59 Å². The molecule has 0 bridgehead atoms. The number of hydrogen-bond acceptors (Lipinski definition) is 3. The number of piperazine rings is 1. The van der Waals surface area contributed by atoms with Crippen LogP contribution in [0.25, 0.3) is 0 Å². The quantitative estimate of drug-likeness (QED) is 0.822. The molecule has 2 unspecified atom stereocenters. The second kappa shape index (κ2) is 7.66. The first-order chi connectivity index (χ1) is 13.5. The average Bonchev–Trinajstić information content (AvgIpc) is 3.14. The minimum atomic E-state index is 0.0608. The van der Waals surface area contributed by atoms with Crippen molar-refractivity contribution in [3.8, 4) is 0 Å². The van der Waals surface area contributed by atoms with E-state index in [4.69, 9.17) is 0 Å². The Balaban J connectivity index is 1.46. The van der Waals surface area contributed by atoms with E-state index in [9.17, 15) is 9.59 Å². The van der Waals surface area contributed by atoms with Crippen LogP contribution in [0, 0.1) is 0 Å². The van der Waals surface area contributed by atoms with Crippen LogP contribution in [0.2, 0.25) is 0 Å². The molecule has 0 spiro atoms. The van der Waals surface area contributed by atoms with Crippen LogP contribution in [0.4, 0.5) is 11.4 Å². The molecule has 2 aliphatic rings. The van der Waals surface area contributed by atoms with E-state index in [1.807, 2.05) is 35.2 Å². The van der Waals surface area contributed by atoms with Crippen molar-refractivity contribution in [2.45, 2.75) is 38.8 Å². The van der Waals surface area contributed by atoms with Gasteiger partial charge in [-0.1, -0.05) is 18.2 Å². The third kappa shape index (κ3) is 3.49. The van der Waals surface area contributed by atoms with Gasteiger partial charge in [-0.05, 0) is 56.7 Å². The summed E-state index contributed by atoms with van der Waals surface area (Å²) in [6.07, 6.45) is 1.52. The normalized spacial score (nSPS) is 22.6. The van der Waals surface area contributed by atoms with E-state index >= 15 is 0 Å². The molecule has 5 heteroatoms. The zero-order chi connectivity index (χ0) is 19.7. The fourth-order valence-corrected chi connectivity index (χ4v) is 4.49. The molecule has 2 aromatic rings. The van der Waals surface area contributed by atoms with Crippen molar-refractivity contribution in [1.29, 1.82) is 0 Å². The number of anilines is 2. The largest absolute Gasteiger partial charge is 0.363 e. The Kier molecular flexibility index (Phi) is 5.07. The number of benzene rings is 2. The van der Waals surface area contributed by atoms with Crippen LogP contribution in [0.15, 0.2) is 54.6 Å². The second-order valence-corrected chi connectivity index (χ2v) is 7.85. The van der Waals surface area contributed by atoms with Gasteiger partial charge < -0.3 is 14.7 Å². The molecule has 5 nitrogen and oxygen atoms in total. The van der Waals surface area contributed by atoms with Gasteiger partial charge >= 0.3 is 0 Å². The zero-order valence-electron chi connectivity index (χ0n) is 16.5. The molecule has 0 aromatic heterocycles. The van der Waals surface area contributed by atoms with Crippen molar-refractivity contribution in [3.05, 3.63) is 60.2 Å². The number of nitrogens with zero attached hydrogens (tertiary/aromatic N) is 3. The molecule has 2 amide bonds. The Morgan fingerprint density at radius 1 is 0.893 bits per heavy atom. The molecule has 2 heterocycles. The number of rotatable bonds is 3. The molecule has 146 valence electrons. The van der Waals surface area contributed by atoms with Crippen molar-refractivity contribution in [1.82, 2.24) is 4.90 Å². The summed E-state index contributed by atoms with van der Waals surface area (Å²) >= 11 is 0. The van der Waals surface area contributed by atoms with E-state index in [-0.39, 0.29) is 23.9 Å². The topological polar surface area (TPSA) is 43.9 Å². The molecule has 28 heavy (non-hydrogen) atoms. The van der Waals surface area contributed by atoms with Crippen LogP contribution in [0.5, 0.6) is 0 Å². The van der Waals surface area contributed by atoms with Gasteiger partial charge in [0.2, 0.25) is 5.91 Å². The van der Waals surface area contributed by atoms with Crippen LogP contribution in [0.3, 0.4) is 0 Å². The van der Waals surface area contributed by atoms with Crippen LogP contribution in [-0.2, 0) is 4.79 Å². The van der Waals surface area contributed by atoms with Crippen LogP contribution >= 0.6 is 0 Å². The van der Waals surface area contributed by atoms with E-state index in [0.29, 0.717) is 25.1 Å². The maximum Gasteiger partial charge on any atom is 0.253 e. The fourth-order valence-electron chi connectivity index (χ4n) is 4.49. The smallest absolute Gasteiger partial charge is 0.253 e. The number of amides is 2. The molecule has 0 saturated carbocycles. The first-order valence-corrected chi connectivity index (χ1v) is 10.1. The van der Waals surface area contributed by atoms with Crippen LogP contribution < -0.4 is 9.80 Å². The summed E-state index contributed by atoms with van der Waals surface area (Å²) in [6, 6.07) is 18.4. The van der Waals surface area contributed by atoms with E-state index in [1.165, 1.54) is 5.69 Å². The van der Waals surface area contributed by atoms with Crippen molar-refractivity contribution < 1.29 is 9.59 Å². The van der Waals surface area contributed by atoms with E-state index in [0.717, 1.165) is 18.7 Å². The van der Waals surface area contributed by atoms with E-state index < -0.39 is 0 Å². The van der Waals surface area contributed by atoms with Crippen LogP contribution in [0.1, 0.15) is 37.0 Å². The summed E-state index contributed by atoms with van der Waals surface area (Å²) in [5.74, 6) is 0.226. The lowest BCUT2D eigenvalue weighted by Gasteiger charge is -2.46. The van der Waals surface area contributed by atoms with Gasteiger partial charge in [0.1, 0.15) is 0 Å². The first-order valence-electron chi connectivity index (χ1n) is 10.1. The minimum Gasteiger partial charge on any atom is -0.363 e. The van der Waals surface area contributed by atoms with Crippen LogP contribution in [-0.4, -0.2) is 48.4 Å². The van der Waals surface area contributed by atoms with Gasteiger partial charge in [0.05, 0.1) is 0 Å². The van der Waals surface area contributed by atoms with Gasteiger partial charge in [0.15, 0.2) is 0 Å². The van der Waals surface area contributed by atoms with Crippen molar-refractivity contribution in [3.63, 3.8) is 0 Å².